The van der Waals surface area contributed by atoms with Gasteiger partial charge in [0.1, 0.15) is 73.2 Å². The zero-order chi connectivity index (χ0) is 65.4. The summed E-state index contributed by atoms with van der Waals surface area (Å²) in [5, 5.41) is 121. The molecule has 524 valence electrons. The number of nitrogens with one attached hydrogen (secondary N) is 1. The number of carbonyl (C=O) groups is 1. The lowest BCUT2D eigenvalue weighted by Gasteiger charge is -2.48. The zero-order valence-electron chi connectivity index (χ0n) is 55.4. The third-order valence-electron chi connectivity index (χ3n) is 17.6. The summed E-state index contributed by atoms with van der Waals surface area (Å²) in [6.45, 7) is 1.62. The molecule has 90 heavy (non-hydrogen) atoms. The third-order valence-corrected chi connectivity index (χ3v) is 17.6. The lowest BCUT2D eigenvalue weighted by Crippen LogP contribution is -2.66. The topological polar surface area (TPSA) is 307 Å². The molecule has 1 amide bonds. The summed E-state index contributed by atoms with van der Waals surface area (Å²) in [4.78, 5) is 13.4. The minimum atomic E-state index is -1.98. The van der Waals surface area contributed by atoms with E-state index in [-0.39, 0.29) is 18.9 Å². The molecule has 0 radical (unpaired) electrons. The fraction of sp³-hybridized carbons (Fsp3) is 0.845. The first-order valence-corrected chi connectivity index (χ1v) is 35.5. The summed E-state index contributed by atoms with van der Waals surface area (Å²) in [6.07, 6.45) is 37.7. The highest BCUT2D eigenvalue weighted by Gasteiger charge is 2.53. The fourth-order valence-electron chi connectivity index (χ4n) is 11.8. The molecular formula is C71H127NO18. The first-order valence-electron chi connectivity index (χ1n) is 35.5. The maximum Gasteiger partial charge on any atom is 0.220 e. The number of aliphatic hydroxyl groups excluding tert-OH is 11. The highest BCUT2D eigenvalue weighted by atomic mass is 16.8. The molecule has 0 saturated carbocycles. The molecule has 0 aromatic heterocycles. The van der Waals surface area contributed by atoms with Gasteiger partial charge in [-0.25, -0.2) is 0 Å². The molecule has 3 fully saturated rings. The van der Waals surface area contributed by atoms with Crippen LogP contribution in [-0.4, -0.2) is 193 Å². The van der Waals surface area contributed by atoms with Crippen molar-refractivity contribution in [1.29, 1.82) is 0 Å². The molecular weight excluding hydrogens is 1150 g/mol. The van der Waals surface area contributed by atoms with E-state index in [1.807, 2.05) is 6.08 Å². The molecule has 12 N–H and O–H groups in total. The summed E-state index contributed by atoms with van der Waals surface area (Å²) in [5.74, 6) is -0.289. The number of aliphatic hydroxyl groups is 11. The Balaban J connectivity index is 1.44. The Labute approximate surface area is 541 Å². The number of amides is 1. The van der Waals surface area contributed by atoms with Crippen LogP contribution in [0, 0.1) is 0 Å². The molecule has 0 aliphatic carbocycles. The van der Waals surface area contributed by atoms with Crippen LogP contribution in [0.2, 0.25) is 0 Å². The first-order chi connectivity index (χ1) is 43.8. The van der Waals surface area contributed by atoms with Crippen molar-refractivity contribution in [2.75, 3.05) is 26.4 Å². The highest BCUT2D eigenvalue weighted by Crippen LogP contribution is 2.33. The lowest BCUT2D eigenvalue weighted by atomic mass is 9.96. The van der Waals surface area contributed by atoms with Crippen LogP contribution in [-0.2, 0) is 33.2 Å². The number of hydrogen-bond donors (Lipinski definition) is 12. The van der Waals surface area contributed by atoms with Gasteiger partial charge in [0, 0.05) is 6.42 Å². The van der Waals surface area contributed by atoms with Gasteiger partial charge in [0.05, 0.1) is 38.6 Å². The SMILES string of the molecule is CC/C=C\C/C=C\C/C=C\C/C=C\CCCCCCCCC(=O)NC(COC1OC(CO)C(OC2OC(CO)C(OC3OC(CO)C(O)C(O)C3O)C(O)C2O)C(O)C1O)C(O)/C=C/CCCCCCCCCCCCCCCCCCCCCCCCCC. The predicted octanol–water partition coefficient (Wildman–Crippen LogP) is 9.55. The maximum absolute atomic E-state index is 13.4. The van der Waals surface area contributed by atoms with E-state index in [1.54, 1.807) is 6.08 Å². The van der Waals surface area contributed by atoms with E-state index in [0.29, 0.717) is 6.42 Å². The molecule has 0 spiro atoms. The number of carbonyl (C=O) groups excluding carboxylic acids is 1. The lowest BCUT2D eigenvalue weighted by molar-refractivity contribution is -0.379. The van der Waals surface area contributed by atoms with Gasteiger partial charge in [0.25, 0.3) is 0 Å². The number of unbranched alkanes of at least 4 members (excludes halogenated alkanes) is 30. The van der Waals surface area contributed by atoms with Crippen LogP contribution in [0.3, 0.4) is 0 Å². The van der Waals surface area contributed by atoms with E-state index < -0.39 is 124 Å². The van der Waals surface area contributed by atoms with Gasteiger partial charge in [-0.2, -0.15) is 0 Å². The Morgan fingerprint density at radius 1 is 0.411 bits per heavy atom. The normalized spacial score (nSPS) is 28.4. The second-order valence-electron chi connectivity index (χ2n) is 25.3. The Kier molecular flexibility index (Phi) is 47.9. The van der Waals surface area contributed by atoms with Crippen molar-refractivity contribution < 1.29 is 89.4 Å². The molecule has 0 bridgehead atoms. The molecule has 0 aromatic carbocycles. The van der Waals surface area contributed by atoms with Crippen LogP contribution in [0.5, 0.6) is 0 Å². The molecule has 17 unspecified atom stereocenters. The van der Waals surface area contributed by atoms with Crippen LogP contribution in [0.25, 0.3) is 0 Å². The van der Waals surface area contributed by atoms with Crippen molar-refractivity contribution in [3.05, 3.63) is 60.8 Å². The van der Waals surface area contributed by atoms with E-state index in [9.17, 15) is 61.0 Å². The van der Waals surface area contributed by atoms with Crippen molar-refractivity contribution in [3.63, 3.8) is 0 Å². The second-order valence-corrected chi connectivity index (χ2v) is 25.3. The van der Waals surface area contributed by atoms with Crippen molar-refractivity contribution in [3.8, 4) is 0 Å². The summed E-state index contributed by atoms with van der Waals surface area (Å²) in [7, 11) is 0. The number of allylic oxidation sites excluding steroid dienone is 9. The van der Waals surface area contributed by atoms with Gasteiger partial charge < -0.3 is 89.9 Å². The minimum Gasteiger partial charge on any atom is -0.394 e. The summed E-state index contributed by atoms with van der Waals surface area (Å²) in [5.41, 5.74) is 0. The minimum absolute atomic E-state index is 0.225. The molecule has 3 saturated heterocycles. The average Bonchev–Trinajstić information content (AvgIpc) is 0.846. The van der Waals surface area contributed by atoms with Crippen molar-refractivity contribution in [1.82, 2.24) is 5.32 Å². The molecule has 19 nitrogen and oxygen atoms in total. The quantitative estimate of drug-likeness (QED) is 0.0199. The number of rotatable bonds is 54. The Bertz CT molecular complexity index is 1870. The molecule has 3 aliphatic heterocycles. The van der Waals surface area contributed by atoms with Gasteiger partial charge >= 0.3 is 0 Å². The fourth-order valence-corrected chi connectivity index (χ4v) is 11.8. The van der Waals surface area contributed by atoms with E-state index >= 15 is 0 Å². The molecule has 3 aliphatic rings. The third kappa shape index (κ3) is 34.2. The van der Waals surface area contributed by atoms with E-state index in [0.717, 1.165) is 89.9 Å². The van der Waals surface area contributed by atoms with Crippen molar-refractivity contribution in [2.45, 2.75) is 356 Å². The summed E-state index contributed by atoms with van der Waals surface area (Å²) < 4.78 is 34.4. The van der Waals surface area contributed by atoms with E-state index in [2.05, 4.69) is 67.8 Å². The zero-order valence-corrected chi connectivity index (χ0v) is 55.4. The predicted molar refractivity (Wildman–Crippen MR) is 351 cm³/mol. The molecule has 19 heteroatoms. The van der Waals surface area contributed by atoms with E-state index in [1.165, 1.54) is 135 Å². The summed E-state index contributed by atoms with van der Waals surface area (Å²) in [6, 6.07) is -0.985. The van der Waals surface area contributed by atoms with Crippen LogP contribution >= 0.6 is 0 Å². The second kappa shape index (κ2) is 52.7. The molecule has 0 aromatic rings. The van der Waals surface area contributed by atoms with Crippen molar-refractivity contribution in [2.24, 2.45) is 0 Å². The van der Waals surface area contributed by atoms with Crippen LogP contribution < -0.4 is 5.32 Å². The molecule has 3 rings (SSSR count). The van der Waals surface area contributed by atoms with Gasteiger partial charge in [-0.3, -0.25) is 4.79 Å². The largest absolute Gasteiger partial charge is 0.394 e. The van der Waals surface area contributed by atoms with Crippen LogP contribution in [0.1, 0.15) is 251 Å². The molecule has 17 atom stereocenters. The van der Waals surface area contributed by atoms with Gasteiger partial charge in [0.2, 0.25) is 5.91 Å². The van der Waals surface area contributed by atoms with Crippen LogP contribution in [0.4, 0.5) is 0 Å². The number of ether oxygens (including phenoxy) is 6. The maximum atomic E-state index is 13.4. The molecule has 3 heterocycles. The average molecular weight is 1280 g/mol. The van der Waals surface area contributed by atoms with Crippen molar-refractivity contribution >= 4 is 5.91 Å². The Morgan fingerprint density at radius 3 is 1.20 bits per heavy atom. The highest BCUT2D eigenvalue weighted by molar-refractivity contribution is 5.76. The Morgan fingerprint density at radius 2 is 0.767 bits per heavy atom. The number of hydrogen-bond acceptors (Lipinski definition) is 18. The van der Waals surface area contributed by atoms with Gasteiger partial charge in [-0.1, -0.05) is 248 Å². The van der Waals surface area contributed by atoms with Gasteiger partial charge in [-0.15, -0.1) is 0 Å². The van der Waals surface area contributed by atoms with E-state index in [4.69, 9.17) is 28.4 Å². The monoisotopic (exact) mass is 1280 g/mol. The first kappa shape index (κ1) is 81.7. The standard InChI is InChI=1S/C71H127NO18/c1-3-5-7-9-11-13-15-17-19-21-23-24-25-26-27-28-29-31-32-34-36-38-40-42-44-46-48-55(76)54(72-59(77)49-47-45-43-41-39-37-35-33-30-22-20-18-16-14-12-10-8-6-4-2)53-85-69-65(83)62(80)67(57(51-74)87-69)90-71-66(84)63(81)68(58(52-75)88-71)89-70-64(82)61(79)60(78)56(50-73)86-70/h6,8,12,14,18,20,30,33,46,48,54-58,60-71,73-76,78-84H,3-5,7,9-11,13,15-17,19,21-29,31-32,34-45,47,49-53H2,1-2H3,(H,72,77)/b8-6-,14-12-,20-18-,33-30-,48-46+. The van der Waals surface area contributed by atoms with Gasteiger partial charge in [0.15, 0.2) is 18.9 Å². The Hall–Kier alpha value is -2.51. The van der Waals surface area contributed by atoms with Gasteiger partial charge in [-0.05, 0) is 57.8 Å². The smallest absolute Gasteiger partial charge is 0.220 e. The van der Waals surface area contributed by atoms with Crippen LogP contribution in [0.15, 0.2) is 60.8 Å². The summed E-state index contributed by atoms with van der Waals surface area (Å²) >= 11 is 0.